The standard InChI is InChI=1S/C28H25N5O4/c34-28(32-29-17-19-7-5-11-22(15-19)33(35)36)26-16-25(30-31-26)24-13-3-4-14-27(24)37-18-21-10-6-9-20-8-1-2-12-23(20)21/h1-15,17,25-26,30-31H,16,18H2,(H,32,34)/b29-17+. The van der Waals surface area contributed by atoms with E-state index in [0.29, 0.717) is 18.6 Å². The van der Waals surface area contributed by atoms with E-state index in [4.69, 9.17) is 4.74 Å². The minimum atomic E-state index is -0.515. The van der Waals surface area contributed by atoms with Crippen LogP contribution in [0.25, 0.3) is 10.8 Å². The van der Waals surface area contributed by atoms with Crippen LogP contribution >= 0.6 is 0 Å². The number of rotatable bonds is 8. The van der Waals surface area contributed by atoms with Gasteiger partial charge in [0.2, 0.25) is 0 Å². The first-order valence-corrected chi connectivity index (χ1v) is 11.9. The Labute approximate surface area is 213 Å². The third-order valence-electron chi connectivity index (χ3n) is 6.25. The van der Waals surface area contributed by atoms with Crippen molar-refractivity contribution in [3.05, 3.63) is 118 Å². The van der Waals surface area contributed by atoms with E-state index in [1.165, 1.54) is 23.7 Å². The van der Waals surface area contributed by atoms with Crippen molar-refractivity contribution in [2.24, 2.45) is 5.10 Å². The molecule has 2 unspecified atom stereocenters. The Bertz CT molecular complexity index is 1470. The van der Waals surface area contributed by atoms with Crippen molar-refractivity contribution in [3.8, 4) is 5.75 Å². The Morgan fingerprint density at radius 1 is 1.03 bits per heavy atom. The number of hydrogen-bond acceptors (Lipinski definition) is 7. The maximum atomic E-state index is 12.6. The van der Waals surface area contributed by atoms with Gasteiger partial charge in [-0.15, -0.1) is 0 Å². The van der Waals surface area contributed by atoms with Crippen LogP contribution < -0.4 is 21.0 Å². The molecule has 1 saturated heterocycles. The summed E-state index contributed by atoms with van der Waals surface area (Å²) in [5.41, 5.74) is 11.2. The highest BCUT2D eigenvalue weighted by molar-refractivity contribution is 5.86. The van der Waals surface area contributed by atoms with Gasteiger partial charge in [-0.2, -0.15) is 5.10 Å². The molecule has 0 aliphatic carbocycles. The first-order valence-electron chi connectivity index (χ1n) is 11.9. The number of hydrazine groups is 1. The highest BCUT2D eigenvalue weighted by atomic mass is 16.6. The van der Waals surface area contributed by atoms with Gasteiger partial charge in [-0.25, -0.2) is 16.3 Å². The molecule has 0 saturated carbocycles. The van der Waals surface area contributed by atoms with Crippen LogP contribution in [-0.4, -0.2) is 23.1 Å². The lowest BCUT2D eigenvalue weighted by molar-refractivity contribution is -0.384. The van der Waals surface area contributed by atoms with Gasteiger partial charge in [0.25, 0.3) is 11.6 Å². The smallest absolute Gasteiger partial charge is 0.270 e. The van der Waals surface area contributed by atoms with Crippen LogP contribution in [0.2, 0.25) is 0 Å². The normalized spacial score (nSPS) is 17.2. The van der Waals surface area contributed by atoms with Gasteiger partial charge in [-0.3, -0.25) is 14.9 Å². The van der Waals surface area contributed by atoms with Crippen LogP contribution in [0, 0.1) is 10.1 Å². The maximum Gasteiger partial charge on any atom is 0.270 e. The van der Waals surface area contributed by atoms with E-state index < -0.39 is 11.0 Å². The van der Waals surface area contributed by atoms with Gasteiger partial charge in [0.1, 0.15) is 18.4 Å². The molecular weight excluding hydrogens is 470 g/mol. The third-order valence-corrected chi connectivity index (χ3v) is 6.25. The van der Waals surface area contributed by atoms with Crippen LogP contribution in [0.4, 0.5) is 5.69 Å². The fraction of sp³-hybridized carbons (Fsp3) is 0.143. The summed E-state index contributed by atoms with van der Waals surface area (Å²) in [6.45, 7) is 0.425. The van der Waals surface area contributed by atoms with Gasteiger partial charge in [-0.05, 0) is 28.8 Å². The Hall–Kier alpha value is -4.60. The van der Waals surface area contributed by atoms with Crippen LogP contribution in [0.1, 0.15) is 29.2 Å². The molecule has 0 radical (unpaired) electrons. The number of para-hydroxylation sites is 1. The lowest BCUT2D eigenvalue weighted by Gasteiger charge is -2.16. The number of nitrogens with one attached hydrogen (secondary N) is 3. The summed E-state index contributed by atoms with van der Waals surface area (Å²) in [6, 6.07) is 27.5. The van der Waals surface area contributed by atoms with Gasteiger partial charge < -0.3 is 4.74 Å². The van der Waals surface area contributed by atoms with Crippen LogP contribution in [0.15, 0.2) is 96.1 Å². The monoisotopic (exact) mass is 495 g/mol. The quantitative estimate of drug-likeness (QED) is 0.190. The molecule has 37 heavy (non-hydrogen) atoms. The third kappa shape index (κ3) is 5.64. The summed E-state index contributed by atoms with van der Waals surface area (Å²) in [4.78, 5) is 23.1. The number of benzene rings is 4. The summed E-state index contributed by atoms with van der Waals surface area (Å²) < 4.78 is 6.24. The van der Waals surface area contributed by atoms with Gasteiger partial charge >= 0.3 is 0 Å². The number of nitrogens with zero attached hydrogens (tertiary/aromatic N) is 2. The lowest BCUT2D eigenvalue weighted by Crippen LogP contribution is -2.41. The molecule has 9 nitrogen and oxygen atoms in total. The molecule has 1 fully saturated rings. The van der Waals surface area contributed by atoms with Gasteiger partial charge in [0.05, 0.1) is 17.2 Å². The lowest BCUT2D eigenvalue weighted by atomic mass is 10.0. The first kappa shape index (κ1) is 24.1. The zero-order valence-corrected chi connectivity index (χ0v) is 19.8. The average Bonchev–Trinajstić information content (AvgIpc) is 3.42. The zero-order valence-electron chi connectivity index (χ0n) is 19.8. The van der Waals surface area contributed by atoms with Gasteiger partial charge in [0.15, 0.2) is 0 Å². The first-order chi connectivity index (χ1) is 18.1. The van der Waals surface area contributed by atoms with Crippen molar-refractivity contribution in [1.82, 2.24) is 16.3 Å². The average molecular weight is 496 g/mol. The molecular formula is C28H25N5O4. The largest absolute Gasteiger partial charge is 0.489 e. The number of amides is 1. The number of nitro groups is 1. The van der Waals surface area contributed by atoms with E-state index in [1.807, 2.05) is 42.5 Å². The van der Waals surface area contributed by atoms with Crippen molar-refractivity contribution in [2.45, 2.75) is 25.1 Å². The summed E-state index contributed by atoms with van der Waals surface area (Å²) >= 11 is 0. The molecule has 186 valence electrons. The van der Waals surface area contributed by atoms with Gasteiger partial charge in [0, 0.05) is 23.3 Å². The molecule has 4 aromatic rings. The van der Waals surface area contributed by atoms with Crippen molar-refractivity contribution >= 4 is 28.6 Å². The Kier molecular flexibility index (Phi) is 7.16. The Morgan fingerprint density at radius 2 is 1.81 bits per heavy atom. The number of fused-ring (bicyclic) bond motifs is 1. The highest BCUT2D eigenvalue weighted by Gasteiger charge is 2.31. The number of non-ortho nitro benzene ring substituents is 1. The minimum absolute atomic E-state index is 0.0406. The number of hydrogen-bond donors (Lipinski definition) is 3. The second-order valence-electron chi connectivity index (χ2n) is 8.68. The van der Waals surface area contributed by atoms with E-state index >= 15 is 0 Å². The highest BCUT2D eigenvalue weighted by Crippen LogP contribution is 2.31. The summed E-state index contributed by atoms with van der Waals surface area (Å²) in [7, 11) is 0. The molecule has 1 aliphatic heterocycles. The molecule has 0 aromatic heterocycles. The molecule has 1 aliphatic rings. The summed E-state index contributed by atoms with van der Waals surface area (Å²) in [6.07, 6.45) is 1.87. The number of ether oxygens (including phenoxy) is 1. The van der Waals surface area contributed by atoms with Crippen molar-refractivity contribution in [3.63, 3.8) is 0 Å². The molecule has 0 spiro atoms. The SMILES string of the molecule is O=C(N/N=C/c1cccc([N+](=O)[O-])c1)C1CC(c2ccccc2OCc2cccc3ccccc23)NN1. The predicted molar refractivity (Wildman–Crippen MR) is 141 cm³/mol. The van der Waals surface area contributed by atoms with E-state index in [-0.39, 0.29) is 17.6 Å². The maximum absolute atomic E-state index is 12.6. The number of hydrazone groups is 1. The number of carbonyl (C=O) groups is 1. The topological polar surface area (TPSA) is 118 Å². The Balaban J connectivity index is 1.21. The molecule has 9 heteroatoms. The predicted octanol–water partition coefficient (Wildman–Crippen LogP) is 4.38. The van der Waals surface area contributed by atoms with Gasteiger partial charge in [-0.1, -0.05) is 72.8 Å². The van der Waals surface area contributed by atoms with Crippen molar-refractivity contribution < 1.29 is 14.5 Å². The van der Waals surface area contributed by atoms with Crippen LogP contribution in [0.3, 0.4) is 0 Å². The molecule has 0 bridgehead atoms. The summed E-state index contributed by atoms with van der Waals surface area (Å²) in [5, 5.41) is 17.2. The fourth-order valence-corrected chi connectivity index (χ4v) is 4.37. The van der Waals surface area contributed by atoms with E-state index in [9.17, 15) is 14.9 Å². The molecule has 1 heterocycles. The van der Waals surface area contributed by atoms with E-state index in [2.05, 4.69) is 45.6 Å². The Morgan fingerprint density at radius 3 is 2.70 bits per heavy atom. The van der Waals surface area contributed by atoms with E-state index in [0.717, 1.165) is 22.3 Å². The molecule has 3 N–H and O–H groups in total. The van der Waals surface area contributed by atoms with Crippen molar-refractivity contribution in [2.75, 3.05) is 0 Å². The second kappa shape index (κ2) is 11.0. The zero-order chi connectivity index (χ0) is 25.6. The minimum Gasteiger partial charge on any atom is -0.489 e. The number of carbonyl (C=O) groups excluding carboxylic acids is 1. The fourth-order valence-electron chi connectivity index (χ4n) is 4.37. The molecule has 1 amide bonds. The summed E-state index contributed by atoms with van der Waals surface area (Å²) in [5.74, 6) is 0.435. The van der Waals surface area contributed by atoms with E-state index in [1.54, 1.807) is 12.1 Å². The van der Waals surface area contributed by atoms with Crippen molar-refractivity contribution in [1.29, 1.82) is 0 Å². The van der Waals surface area contributed by atoms with Crippen LogP contribution in [0.5, 0.6) is 5.75 Å². The molecule has 2 atom stereocenters. The number of nitro benzene ring substituents is 1. The molecule has 5 rings (SSSR count). The molecule has 4 aromatic carbocycles. The second-order valence-corrected chi connectivity index (χ2v) is 8.68. The van der Waals surface area contributed by atoms with Crippen LogP contribution in [-0.2, 0) is 11.4 Å².